The quantitative estimate of drug-likeness (QED) is 0.267. The highest BCUT2D eigenvalue weighted by molar-refractivity contribution is 5.93. The number of rotatable bonds is 7. The fraction of sp³-hybridized carbons (Fsp3) is 0.286. The van der Waals surface area contributed by atoms with Crippen LogP contribution >= 0.6 is 0 Å². The summed E-state index contributed by atoms with van der Waals surface area (Å²) in [5.41, 5.74) is 19.2. The number of likely N-dealkylation sites (N-methyl/N-ethyl adjacent to an activating group) is 1. The van der Waals surface area contributed by atoms with E-state index in [9.17, 15) is 4.79 Å². The Hall–Kier alpha value is -4.24. The number of hydrogen-bond donors (Lipinski definition) is 3. The van der Waals surface area contributed by atoms with Gasteiger partial charge in [-0.3, -0.25) is 9.79 Å². The Balaban J connectivity index is 1.41. The summed E-state index contributed by atoms with van der Waals surface area (Å²) in [6.07, 6.45) is 5.03. The molecule has 9 nitrogen and oxygen atoms in total. The van der Waals surface area contributed by atoms with E-state index in [0.717, 1.165) is 59.4 Å². The molecule has 1 aliphatic rings. The highest BCUT2D eigenvalue weighted by atomic mass is 16.2. The second kappa shape index (κ2) is 10.8. The topological polar surface area (TPSA) is 127 Å². The van der Waals surface area contributed by atoms with Gasteiger partial charge in [0.05, 0.1) is 13.1 Å². The van der Waals surface area contributed by atoms with Crippen molar-refractivity contribution in [3.8, 4) is 11.1 Å². The molecule has 5 N–H and O–H groups in total. The Morgan fingerprint density at radius 3 is 2.65 bits per heavy atom. The van der Waals surface area contributed by atoms with E-state index < -0.39 is 0 Å². The fourth-order valence-electron chi connectivity index (χ4n) is 4.98. The number of carbonyl (C=O) groups excluding carboxylic acids is 1. The zero-order valence-electron chi connectivity index (χ0n) is 21.0. The van der Waals surface area contributed by atoms with E-state index in [-0.39, 0.29) is 11.8 Å². The number of carbonyl (C=O) groups is 1. The third-order valence-electron chi connectivity index (χ3n) is 6.95. The molecule has 9 heteroatoms. The van der Waals surface area contributed by atoms with Crippen molar-refractivity contribution in [2.45, 2.75) is 25.3 Å². The lowest BCUT2D eigenvalue weighted by atomic mass is 9.92. The molecule has 2 aromatic heterocycles. The SMILES string of the molecule is CNCC(=O)N1CCC(c2cc(-c3ccc(C=NCc4ccccc4)c(N)c3)c3c(N)ncnn23)CC1. The molecule has 190 valence electrons. The molecular weight excluding hydrogens is 464 g/mol. The third kappa shape index (κ3) is 5.17. The van der Waals surface area contributed by atoms with Crippen molar-refractivity contribution >= 4 is 29.1 Å². The molecule has 4 aromatic rings. The maximum absolute atomic E-state index is 12.3. The van der Waals surface area contributed by atoms with Crippen molar-refractivity contribution < 1.29 is 4.79 Å². The van der Waals surface area contributed by atoms with Crippen LogP contribution in [-0.4, -0.2) is 58.3 Å². The lowest BCUT2D eigenvalue weighted by Gasteiger charge is -2.31. The van der Waals surface area contributed by atoms with Crippen LogP contribution in [0.5, 0.6) is 0 Å². The Labute approximate surface area is 216 Å². The van der Waals surface area contributed by atoms with Crippen LogP contribution in [0.3, 0.4) is 0 Å². The van der Waals surface area contributed by atoms with Crippen molar-refractivity contribution in [2.75, 3.05) is 38.1 Å². The Morgan fingerprint density at radius 1 is 1.14 bits per heavy atom. The smallest absolute Gasteiger partial charge is 0.236 e. The molecule has 0 unspecified atom stereocenters. The first kappa shape index (κ1) is 24.5. The first-order valence-corrected chi connectivity index (χ1v) is 12.5. The normalized spacial score (nSPS) is 14.6. The zero-order valence-corrected chi connectivity index (χ0v) is 21.0. The molecule has 1 amide bonds. The standard InChI is InChI=1S/C28H32N8O/c1-31-17-26(37)35-11-9-20(10-12-35)25-14-23(27-28(30)33-18-34-36(25)27)21-7-8-22(24(29)13-21)16-32-15-19-5-3-2-4-6-19/h2-8,13-14,16,18,20,31H,9-12,15,17,29H2,1H3,(H2,30,33,34). The molecule has 1 saturated heterocycles. The second-order valence-electron chi connectivity index (χ2n) is 9.37. The van der Waals surface area contributed by atoms with Gasteiger partial charge in [-0.2, -0.15) is 5.10 Å². The summed E-state index contributed by atoms with van der Waals surface area (Å²) in [5, 5.41) is 7.48. The molecule has 0 aliphatic carbocycles. The van der Waals surface area contributed by atoms with E-state index in [4.69, 9.17) is 11.5 Å². The van der Waals surface area contributed by atoms with Crippen LogP contribution in [0.25, 0.3) is 16.6 Å². The summed E-state index contributed by atoms with van der Waals surface area (Å²) in [6, 6.07) is 18.2. The molecule has 2 aromatic carbocycles. The van der Waals surface area contributed by atoms with Crippen molar-refractivity contribution in [3.63, 3.8) is 0 Å². The summed E-state index contributed by atoms with van der Waals surface area (Å²) in [5.74, 6) is 0.817. The number of nitrogens with one attached hydrogen (secondary N) is 1. The summed E-state index contributed by atoms with van der Waals surface area (Å²) in [4.78, 5) is 23.0. The maximum atomic E-state index is 12.3. The van der Waals surface area contributed by atoms with Crippen LogP contribution in [0.2, 0.25) is 0 Å². The van der Waals surface area contributed by atoms with Gasteiger partial charge in [-0.15, -0.1) is 0 Å². The van der Waals surface area contributed by atoms with E-state index in [1.165, 1.54) is 6.33 Å². The maximum Gasteiger partial charge on any atom is 0.236 e. The predicted molar refractivity (Wildman–Crippen MR) is 147 cm³/mol. The molecule has 0 bridgehead atoms. The molecule has 1 fully saturated rings. The van der Waals surface area contributed by atoms with Crippen LogP contribution in [0.15, 0.2) is 65.9 Å². The molecule has 5 rings (SSSR count). The van der Waals surface area contributed by atoms with Gasteiger partial charge in [0.2, 0.25) is 5.91 Å². The number of likely N-dealkylation sites (tertiary alicyclic amines) is 1. The number of anilines is 2. The summed E-state index contributed by atoms with van der Waals surface area (Å²) in [7, 11) is 1.79. The van der Waals surface area contributed by atoms with Gasteiger partial charge in [0.15, 0.2) is 5.82 Å². The predicted octanol–water partition coefficient (Wildman–Crippen LogP) is 3.11. The Morgan fingerprint density at radius 2 is 1.92 bits per heavy atom. The van der Waals surface area contributed by atoms with E-state index in [0.29, 0.717) is 24.6 Å². The minimum atomic E-state index is 0.135. The number of nitrogens with zero attached hydrogens (tertiary/aromatic N) is 5. The minimum Gasteiger partial charge on any atom is -0.398 e. The first-order chi connectivity index (χ1) is 18.0. The molecule has 0 atom stereocenters. The van der Waals surface area contributed by atoms with E-state index in [1.807, 2.05) is 52.0 Å². The van der Waals surface area contributed by atoms with Gasteiger partial charge in [-0.05, 0) is 43.1 Å². The lowest BCUT2D eigenvalue weighted by Crippen LogP contribution is -2.42. The number of aromatic nitrogens is 3. The van der Waals surface area contributed by atoms with E-state index in [1.54, 1.807) is 7.05 Å². The van der Waals surface area contributed by atoms with Crippen LogP contribution in [-0.2, 0) is 11.3 Å². The number of piperidine rings is 1. The summed E-state index contributed by atoms with van der Waals surface area (Å²) in [6.45, 7) is 2.40. The van der Waals surface area contributed by atoms with Gasteiger partial charge in [-0.25, -0.2) is 9.50 Å². The molecule has 0 spiro atoms. The fourth-order valence-corrected chi connectivity index (χ4v) is 4.98. The van der Waals surface area contributed by atoms with Crippen LogP contribution < -0.4 is 16.8 Å². The number of nitrogens with two attached hydrogens (primary N) is 2. The van der Waals surface area contributed by atoms with Gasteiger partial charge in [0, 0.05) is 47.7 Å². The lowest BCUT2D eigenvalue weighted by molar-refractivity contribution is -0.131. The molecule has 37 heavy (non-hydrogen) atoms. The van der Waals surface area contributed by atoms with E-state index in [2.05, 4.69) is 38.6 Å². The highest BCUT2D eigenvalue weighted by Gasteiger charge is 2.27. The Kier molecular flexibility index (Phi) is 7.14. The average Bonchev–Trinajstić information content (AvgIpc) is 3.31. The van der Waals surface area contributed by atoms with Crippen molar-refractivity contribution in [1.82, 2.24) is 24.8 Å². The summed E-state index contributed by atoms with van der Waals surface area (Å²) < 4.78 is 1.90. The van der Waals surface area contributed by atoms with Gasteiger partial charge in [0.25, 0.3) is 0 Å². The number of nitrogen functional groups attached to an aromatic ring is 2. The van der Waals surface area contributed by atoms with Crippen molar-refractivity contribution in [3.05, 3.63) is 77.7 Å². The van der Waals surface area contributed by atoms with Gasteiger partial charge in [0.1, 0.15) is 11.8 Å². The number of amides is 1. The number of aliphatic imine (C=N–C) groups is 1. The average molecular weight is 497 g/mol. The van der Waals surface area contributed by atoms with Crippen LogP contribution in [0.1, 0.15) is 35.6 Å². The minimum absolute atomic E-state index is 0.135. The summed E-state index contributed by atoms with van der Waals surface area (Å²) >= 11 is 0. The van der Waals surface area contributed by atoms with E-state index >= 15 is 0 Å². The number of benzene rings is 2. The van der Waals surface area contributed by atoms with Crippen molar-refractivity contribution in [1.29, 1.82) is 0 Å². The second-order valence-corrected chi connectivity index (χ2v) is 9.37. The van der Waals surface area contributed by atoms with Gasteiger partial charge < -0.3 is 21.7 Å². The highest BCUT2D eigenvalue weighted by Crippen LogP contribution is 2.37. The molecule has 1 aliphatic heterocycles. The van der Waals surface area contributed by atoms with Crippen LogP contribution in [0, 0.1) is 0 Å². The monoisotopic (exact) mass is 496 g/mol. The van der Waals surface area contributed by atoms with Gasteiger partial charge >= 0.3 is 0 Å². The Bertz CT molecular complexity index is 1420. The first-order valence-electron chi connectivity index (χ1n) is 12.5. The third-order valence-corrected chi connectivity index (χ3v) is 6.95. The zero-order chi connectivity index (χ0) is 25.8. The molecule has 3 heterocycles. The number of hydrogen-bond acceptors (Lipinski definition) is 7. The molecular formula is C28H32N8O. The largest absolute Gasteiger partial charge is 0.398 e. The van der Waals surface area contributed by atoms with Crippen LogP contribution in [0.4, 0.5) is 11.5 Å². The van der Waals surface area contributed by atoms with Crippen molar-refractivity contribution in [2.24, 2.45) is 4.99 Å². The number of fused-ring (bicyclic) bond motifs is 1. The molecule has 0 saturated carbocycles. The van der Waals surface area contributed by atoms with Gasteiger partial charge in [-0.1, -0.05) is 42.5 Å². The molecule has 0 radical (unpaired) electrons.